The summed E-state index contributed by atoms with van der Waals surface area (Å²) in [6.07, 6.45) is -3.74. The summed E-state index contributed by atoms with van der Waals surface area (Å²) in [6, 6.07) is 0.427. The first-order chi connectivity index (χ1) is 8.04. The minimum Gasteiger partial charge on any atom is -0.447 e. The Morgan fingerprint density at radius 1 is 1.47 bits per heavy atom. The summed E-state index contributed by atoms with van der Waals surface area (Å²) in [5.41, 5.74) is -0.950. The third kappa shape index (κ3) is 1.93. The van der Waals surface area contributed by atoms with E-state index in [0.717, 1.165) is 19.6 Å². The van der Waals surface area contributed by atoms with Crippen LogP contribution in [0.5, 0.6) is 0 Å². The normalized spacial score (nSPS) is 29.1. The number of rotatable bonds is 2. The van der Waals surface area contributed by atoms with Crippen molar-refractivity contribution in [1.29, 1.82) is 0 Å². The van der Waals surface area contributed by atoms with Gasteiger partial charge in [0, 0.05) is 31.6 Å². The van der Waals surface area contributed by atoms with E-state index >= 15 is 0 Å². The zero-order valence-corrected chi connectivity index (χ0v) is 9.00. The topological polar surface area (TPSA) is 41.3 Å². The van der Waals surface area contributed by atoms with E-state index in [1.165, 1.54) is 0 Å². The molecule has 2 aliphatic rings. The molecule has 7 heteroatoms. The Morgan fingerprint density at radius 3 is 2.94 bits per heavy atom. The van der Waals surface area contributed by atoms with Crippen molar-refractivity contribution in [3.05, 3.63) is 17.8 Å². The first-order valence-electron chi connectivity index (χ1n) is 5.50. The van der Waals surface area contributed by atoms with Gasteiger partial charge in [-0.2, -0.15) is 13.2 Å². The van der Waals surface area contributed by atoms with E-state index in [2.05, 4.69) is 15.2 Å². The van der Waals surface area contributed by atoms with Gasteiger partial charge in [0.2, 0.25) is 5.89 Å². The van der Waals surface area contributed by atoms with E-state index in [9.17, 15) is 13.2 Å². The van der Waals surface area contributed by atoms with Gasteiger partial charge < -0.3 is 9.73 Å². The lowest BCUT2D eigenvalue weighted by molar-refractivity contribution is -0.141. The highest BCUT2D eigenvalue weighted by atomic mass is 19.4. The number of nitrogens with zero attached hydrogens (tertiary/aromatic N) is 2. The Bertz CT molecular complexity index is 417. The van der Waals surface area contributed by atoms with Gasteiger partial charge in [-0.3, -0.25) is 4.90 Å². The molecule has 1 aromatic rings. The van der Waals surface area contributed by atoms with Crippen molar-refractivity contribution < 1.29 is 17.6 Å². The second-order valence-electron chi connectivity index (χ2n) is 4.54. The molecule has 4 nitrogen and oxygen atoms in total. The highest BCUT2D eigenvalue weighted by Crippen LogP contribution is 2.31. The van der Waals surface area contributed by atoms with Crippen LogP contribution in [0.25, 0.3) is 0 Å². The molecular weight excluding hydrogens is 235 g/mol. The highest BCUT2D eigenvalue weighted by molar-refractivity contribution is 5.04. The Labute approximate surface area is 95.8 Å². The number of halogens is 3. The molecule has 2 saturated heterocycles. The Balaban J connectivity index is 1.64. The Hall–Kier alpha value is -1.08. The van der Waals surface area contributed by atoms with Crippen LogP contribution in [0.3, 0.4) is 0 Å². The molecule has 0 aliphatic carbocycles. The molecule has 1 aromatic heterocycles. The molecule has 0 amide bonds. The van der Waals surface area contributed by atoms with Crippen LogP contribution < -0.4 is 5.32 Å². The molecule has 0 aromatic carbocycles. The maximum absolute atomic E-state index is 12.3. The van der Waals surface area contributed by atoms with Crippen LogP contribution >= 0.6 is 0 Å². The predicted octanol–water partition coefficient (Wildman–Crippen LogP) is 1.10. The minimum absolute atomic E-state index is 0.141. The summed E-state index contributed by atoms with van der Waals surface area (Å²) in [4.78, 5) is 5.56. The first kappa shape index (κ1) is 11.0. The molecule has 2 unspecified atom stereocenters. The predicted molar refractivity (Wildman–Crippen MR) is 52.1 cm³/mol. The zero-order valence-electron chi connectivity index (χ0n) is 9.00. The monoisotopic (exact) mass is 247 g/mol. The van der Waals surface area contributed by atoms with Gasteiger partial charge in [-0.15, -0.1) is 0 Å². The third-order valence-corrected chi connectivity index (χ3v) is 3.42. The minimum atomic E-state index is -4.42. The molecule has 3 rings (SSSR count). The van der Waals surface area contributed by atoms with Crippen LogP contribution in [0.4, 0.5) is 13.2 Å². The van der Waals surface area contributed by atoms with Crippen molar-refractivity contribution in [2.75, 3.05) is 19.6 Å². The fourth-order valence-electron chi connectivity index (χ4n) is 2.50. The van der Waals surface area contributed by atoms with Crippen LogP contribution in [-0.2, 0) is 12.7 Å². The van der Waals surface area contributed by atoms with Gasteiger partial charge >= 0.3 is 6.18 Å². The summed E-state index contributed by atoms with van der Waals surface area (Å²) >= 11 is 0. The standard InChI is InChI=1S/C10H12F3N3O/c11-10(12,13)8-5-17-9(15-8)4-16-3-6-1-14-2-7(6)16/h5-7,14H,1-4H2. The van der Waals surface area contributed by atoms with Gasteiger partial charge in [-0.1, -0.05) is 0 Å². The van der Waals surface area contributed by atoms with Crippen LogP contribution in [0.2, 0.25) is 0 Å². The summed E-state index contributed by atoms with van der Waals surface area (Å²) in [5.74, 6) is 0.773. The van der Waals surface area contributed by atoms with Crippen LogP contribution in [0.15, 0.2) is 10.7 Å². The summed E-state index contributed by atoms with van der Waals surface area (Å²) in [6.45, 7) is 3.17. The van der Waals surface area contributed by atoms with Gasteiger partial charge in [0.1, 0.15) is 6.26 Å². The SMILES string of the molecule is FC(F)(F)c1coc(CN2CC3CNCC32)n1. The molecule has 0 bridgehead atoms. The van der Waals surface area contributed by atoms with Crippen molar-refractivity contribution in [3.63, 3.8) is 0 Å². The van der Waals surface area contributed by atoms with Gasteiger partial charge in [-0.05, 0) is 0 Å². The van der Waals surface area contributed by atoms with Gasteiger partial charge in [-0.25, -0.2) is 4.98 Å². The van der Waals surface area contributed by atoms with Crippen LogP contribution in [0.1, 0.15) is 11.6 Å². The lowest BCUT2D eigenvalue weighted by atomic mass is 9.92. The molecule has 0 spiro atoms. The fraction of sp³-hybridized carbons (Fsp3) is 0.700. The maximum atomic E-state index is 12.3. The van der Waals surface area contributed by atoms with Crippen molar-refractivity contribution in [1.82, 2.24) is 15.2 Å². The number of oxazole rings is 1. The Morgan fingerprint density at radius 2 is 2.29 bits per heavy atom. The number of nitrogens with one attached hydrogen (secondary N) is 1. The zero-order chi connectivity index (χ0) is 12.0. The average molecular weight is 247 g/mol. The highest BCUT2D eigenvalue weighted by Gasteiger charge is 2.42. The molecule has 0 radical (unpaired) electrons. The van der Waals surface area contributed by atoms with E-state index in [1.807, 2.05) is 0 Å². The summed E-state index contributed by atoms with van der Waals surface area (Å²) in [7, 11) is 0. The third-order valence-electron chi connectivity index (χ3n) is 3.42. The maximum Gasteiger partial charge on any atom is 0.436 e. The quantitative estimate of drug-likeness (QED) is 0.849. The number of hydrogen-bond donors (Lipinski definition) is 1. The van der Waals surface area contributed by atoms with Gasteiger partial charge in [0.25, 0.3) is 0 Å². The van der Waals surface area contributed by atoms with Gasteiger partial charge in [0.05, 0.1) is 6.54 Å². The van der Waals surface area contributed by atoms with Crippen molar-refractivity contribution >= 4 is 0 Å². The molecule has 0 saturated carbocycles. The molecule has 2 atom stereocenters. The molecule has 94 valence electrons. The van der Waals surface area contributed by atoms with Crippen molar-refractivity contribution in [3.8, 4) is 0 Å². The molecule has 2 aliphatic heterocycles. The average Bonchev–Trinajstić information content (AvgIpc) is 2.79. The largest absolute Gasteiger partial charge is 0.447 e. The fourth-order valence-corrected chi connectivity index (χ4v) is 2.50. The number of alkyl halides is 3. The number of aromatic nitrogens is 1. The second kappa shape index (κ2) is 3.71. The van der Waals surface area contributed by atoms with E-state index in [0.29, 0.717) is 24.8 Å². The molecular formula is C10H12F3N3O. The van der Waals surface area contributed by atoms with E-state index < -0.39 is 11.9 Å². The molecule has 2 fully saturated rings. The van der Waals surface area contributed by atoms with Crippen LogP contribution in [0, 0.1) is 5.92 Å². The van der Waals surface area contributed by atoms with Crippen molar-refractivity contribution in [2.24, 2.45) is 5.92 Å². The van der Waals surface area contributed by atoms with E-state index in [-0.39, 0.29) is 5.89 Å². The van der Waals surface area contributed by atoms with E-state index in [1.54, 1.807) is 0 Å². The number of fused-ring (bicyclic) bond motifs is 1. The lowest BCUT2D eigenvalue weighted by Gasteiger charge is -2.42. The molecule has 1 N–H and O–H groups in total. The molecule has 3 heterocycles. The number of likely N-dealkylation sites (tertiary alicyclic amines) is 1. The van der Waals surface area contributed by atoms with Gasteiger partial charge in [0.15, 0.2) is 5.69 Å². The smallest absolute Gasteiger partial charge is 0.436 e. The van der Waals surface area contributed by atoms with E-state index in [4.69, 9.17) is 4.42 Å². The molecule has 17 heavy (non-hydrogen) atoms. The summed E-state index contributed by atoms with van der Waals surface area (Å²) in [5, 5.41) is 3.26. The first-order valence-corrected chi connectivity index (χ1v) is 5.50. The Kier molecular flexibility index (Phi) is 2.41. The van der Waals surface area contributed by atoms with Crippen LogP contribution in [-0.4, -0.2) is 35.6 Å². The van der Waals surface area contributed by atoms with Crippen molar-refractivity contribution in [2.45, 2.75) is 18.8 Å². The number of hydrogen-bond acceptors (Lipinski definition) is 4. The lowest BCUT2D eigenvalue weighted by Crippen LogP contribution is -2.54. The summed E-state index contributed by atoms with van der Waals surface area (Å²) < 4.78 is 41.8. The second-order valence-corrected chi connectivity index (χ2v) is 4.54.